The highest BCUT2D eigenvalue weighted by Crippen LogP contribution is 2.17. The van der Waals surface area contributed by atoms with Crippen LogP contribution in [0.3, 0.4) is 0 Å². The Morgan fingerprint density at radius 1 is 1.37 bits per heavy atom. The zero-order chi connectivity index (χ0) is 13.7. The molecule has 2 rings (SSSR count). The summed E-state index contributed by atoms with van der Waals surface area (Å²) in [6, 6.07) is 6.91. The van der Waals surface area contributed by atoms with Crippen LogP contribution in [0, 0.1) is 0 Å². The standard InChI is InChI=1S/C13H18N4O2/c14-6-1-7-15-12(18)10-2-4-11(5-3-10)17-9-8-16-13(17)19/h2-5H,1,6-9,14H2,(H,15,18)(H,16,19). The minimum Gasteiger partial charge on any atom is -0.352 e. The van der Waals surface area contributed by atoms with Crippen molar-refractivity contribution >= 4 is 17.6 Å². The highest BCUT2D eigenvalue weighted by molar-refractivity contribution is 5.96. The number of nitrogens with zero attached hydrogens (tertiary/aromatic N) is 1. The molecule has 1 aromatic carbocycles. The molecule has 102 valence electrons. The van der Waals surface area contributed by atoms with E-state index in [0.717, 1.165) is 12.1 Å². The van der Waals surface area contributed by atoms with Gasteiger partial charge >= 0.3 is 6.03 Å². The highest BCUT2D eigenvalue weighted by atomic mass is 16.2. The molecule has 6 heteroatoms. The van der Waals surface area contributed by atoms with Crippen LogP contribution < -0.4 is 21.3 Å². The van der Waals surface area contributed by atoms with Crippen LogP contribution in [0.25, 0.3) is 0 Å². The van der Waals surface area contributed by atoms with Crippen molar-refractivity contribution in [1.82, 2.24) is 10.6 Å². The fourth-order valence-electron chi connectivity index (χ4n) is 1.92. The predicted octanol–water partition coefficient (Wildman–Crippen LogP) is 0.295. The molecule has 19 heavy (non-hydrogen) atoms. The Bertz CT molecular complexity index is 458. The third-order valence-corrected chi connectivity index (χ3v) is 2.96. The van der Waals surface area contributed by atoms with Gasteiger partial charge in [-0.05, 0) is 37.2 Å². The Kier molecular flexibility index (Phi) is 4.35. The Labute approximate surface area is 112 Å². The molecule has 0 bridgehead atoms. The number of nitrogens with one attached hydrogen (secondary N) is 2. The fraction of sp³-hybridized carbons (Fsp3) is 0.385. The maximum absolute atomic E-state index is 11.8. The molecule has 1 aliphatic rings. The average molecular weight is 262 g/mol. The van der Waals surface area contributed by atoms with E-state index in [2.05, 4.69) is 10.6 Å². The van der Waals surface area contributed by atoms with Gasteiger partial charge in [0.15, 0.2) is 0 Å². The van der Waals surface area contributed by atoms with Gasteiger partial charge in [0.25, 0.3) is 5.91 Å². The van der Waals surface area contributed by atoms with Gasteiger partial charge in [0.1, 0.15) is 0 Å². The molecule has 1 heterocycles. The first kappa shape index (κ1) is 13.4. The molecular weight excluding hydrogens is 244 g/mol. The van der Waals surface area contributed by atoms with Crippen LogP contribution >= 0.6 is 0 Å². The SMILES string of the molecule is NCCCNC(=O)c1ccc(N2CCNC2=O)cc1. The van der Waals surface area contributed by atoms with Crippen molar-refractivity contribution < 1.29 is 9.59 Å². The second kappa shape index (κ2) is 6.19. The number of carbonyl (C=O) groups excluding carboxylic acids is 2. The summed E-state index contributed by atoms with van der Waals surface area (Å²) >= 11 is 0. The molecule has 1 aromatic rings. The topological polar surface area (TPSA) is 87.5 Å². The average Bonchev–Trinajstić information content (AvgIpc) is 2.85. The number of hydrogen-bond donors (Lipinski definition) is 3. The number of carbonyl (C=O) groups is 2. The molecule has 0 radical (unpaired) electrons. The van der Waals surface area contributed by atoms with Gasteiger partial charge in [-0.25, -0.2) is 4.79 Å². The van der Waals surface area contributed by atoms with Gasteiger partial charge in [-0.1, -0.05) is 0 Å². The molecule has 0 saturated carbocycles. The van der Waals surface area contributed by atoms with Crippen molar-refractivity contribution in [2.45, 2.75) is 6.42 Å². The summed E-state index contributed by atoms with van der Waals surface area (Å²) in [6.07, 6.45) is 0.762. The van der Waals surface area contributed by atoms with Crippen molar-refractivity contribution in [2.75, 3.05) is 31.1 Å². The molecule has 4 N–H and O–H groups in total. The summed E-state index contributed by atoms with van der Waals surface area (Å²) in [6.45, 7) is 2.44. The summed E-state index contributed by atoms with van der Waals surface area (Å²) in [4.78, 5) is 24.9. The van der Waals surface area contributed by atoms with Crippen LogP contribution in [-0.4, -0.2) is 38.1 Å². The van der Waals surface area contributed by atoms with Gasteiger partial charge in [0, 0.05) is 30.9 Å². The molecular formula is C13H18N4O2. The van der Waals surface area contributed by atoms with Crippen LogP contribution in [0.5, 0.6) is 0 Å². The Hall–Kier alpha value is -2.08. The Morgan fingerprint density at radius 2 is 2.11 bits per heavy atom. The Morgan fingerprint density at radius 3 is 2.68 bits per heavy atom. The minimum absolute atomic E-state index is 0.0971. The lowest BCUT2D eigenvalue weighted by atomic mass is 10.2. The highest BCUT2D eigenvalue weighted by Gasteiger charge is 2.20. The minimum atomic E-state index is -0.120. The van der Waals surface area contributed by atoms with E-state index in [4.69, 9.17) is 5.73 Å². The summed E-state index contributed by atoms with van der Waals surface area (Å²) in [5, 5.41) is 5.52. The van der Waals surface area contributed by atoms with Crippen LogP contribution in [0.2, 0.25) is 0 Å². The molecule has 0 unspecified atom stereocenters. The lowest BCUT2D eigenvalue weighted by Crippen LogP contribution is -2.28. The first-order chi connectivity index (χ1) is 9.22. The molecule has 3 amide bonds. The first-order valence-corrected chi connectivity index (χ1v) is 6.36. The number of amides is 3. The number of rotatable bonds is 5. The van der Waals surface area contributed by atoms with E-state index in [9.17, 15) is 9.59 Å². The molecule has 0 aliphatic carbocycles. The van der Waals surface area contributed by atoms with E-state index < -0.39 is 0 Å². The lowest BCUT2D eigenvalue weighted by molar-refractivity contribution is 0.0953. The second-order valence-corrected chi connectivity index (χ2v) is 4.33. The molecule has 1 fully saturated rings. The van der Waals surface area contributed by atoms with Crippen LogP contribution in [-0.2, 0) is 0 Å². The van der Waals surface area contributed by atoms with Crippen molar-refractivity contribution in [3.63, 3.8) is 0 Å². The summed E-state index contributed by atoms with van der Waals surface area (Å²) < 4.78 is 0. The summed E-state index contributed by atoms with van der Waals surface area (Å²) in [5.74, 6) is -0.120. The number of urea groups is 1. The predicted molar refractivity (Wildman–Crippen MR) is 73.2 cm³/mol. The molecule has 0 spiro atoms. The number of anilines is 1. The fourth-order valence-corrected chi connectivity index (χ4v) is 1.92. The van der Waals surface area contributed by atoms with Crippen LogP contribution in [0.4, 0.5) is 10.5 Å². The van der Waals surface area contributed by atoms with Gasteiger partial charge in [-0.15, -0.1) is 0 Å². The molecule has 6 nitrogen and oxygen atoms in total. The molecule has 1 aliphatic heterocycles. The van der Waals surface area contributed by atoms with E-state index in [0.29, 0.717) is 31.7 Å². The van der Waals surface area contributed by atoms with Crippen molar-refractivity contribution in [3.05, 3.63) is 29.8 Å². The third-order valence-electron chi connectivity index (χ3n) is 2.96. The maximum atomic E-state index is 11.8. The zero-order valence-electron chi connectivity index (χ0n) is 10.7. The largest absolute Gasteiger partial charge is 0.352 e. The first-order valence-electron chi connectivity index (χ1n) is 6.36. The summed E-state index contributed by atoms with van der Waals surface area (Å²) in [5.41, 5.74) is 6.74. The van der Waals surface area contributed by atoms with E-state index in [1.165, 1.54) is 0 Å². The van der Waals surface area contributed by atoms with E-state index >= 15 is 0 Å². The third kappa shape index (κ3) is 3.23. The summed E-state index contributed by atoms with van der Waals surface area (Å²) in [7, 11) is 0. The number of benzene rings is 1. The van der Waals surface area contributed by atoms with Crippen LogP contribution in [0.1, 0.15) is 16.8 Å². The van der Waals surface area contributed by atoms with E-state index in [-0.39, 0.29) is 11.9 Å². The van der Waals surface area contributed by atoms with Crippen molar-refractivity contribution in [1.29, 1.82) is 0 Å². The van der Waals surface area contributed by atoms with Crippen molar-refractivity contribution in [3.8, 4) is 0 Å². The molecule has 0 atom stereocenters. The quantitative estimate of drug-likeness (QED) is 0.667. The number of nitrogens with two attached hydrogens (primary N) is 1. The van der Waals surface area contributed by atoms with Crippen LogP contribution in [0.15, 0.2) is 24.3 Å². The maximum Gasteiger partial charge on any atom is 0.321 e. The molecule has 1 saturated heterocycles. The second-order valence-electron chi connectivity index (χ2n) is 4.33. The smallest absolute Gasteiger partial charge is 0.321 e. The normalized spacial score (nSPS) is 14.4. The van der Waals surface area contributed by atoms with Gasteiger partial charge < -0.3 is 16.4 Å². The zero-order valence-corrected chi connectivity index (χ0v) is 10.7. The van der Waals surface area contributed by atoms with Gasteiger partial charge in [-0.2, -0.15) is 0 Å². The lowest BCUT2D eigenvalue weighted by Gasteiger charge is -2.14. The van der Waals surface area contributed by atoms with Gasteiger partial charge in [0.2, 0.25) is 0 Å². The van der Waals surface area contributed by atoms with Gasteiger partial charge in [0.05, 0.1) is 0 Å². The molecule has 0 aromatic heterocycles. The van der Waals surface area contributed by atoms with E-state index in [1.807, 2.05) is 0 Å². The van der Waals surface area contributed by atoms with Gasteiger partial charge in [-0.3, -0.25) is 9.69 Å². The number of hydrogen-bond acceptors (Lipinski definition) is 3. The Balaban J connectivity index is 1.98. The van der Waals surface area contributed by atoms with E-state index in [1.54, 1.807) is 29.2 Å². The monoisotopic (exact) mass is 262 g/mol. The van der Waals surface area contributed by atoms with Crippen molar-refractivity contribution in [2.24, 2.45) is 5.73 Å².